The van der Waals surface area contributed by atoms with Crippen molar-refractivity contribution in [2.75, 3.05) is 45.9 Å². The molecule has 4 heterocycles. The van der Waals surface area contributed by atoms with E-state index in [1.165, 1.54) is 9.80 Å². The molecule has 5 aromatic rings. The number of rotatable bonds is 18. The summed E-state index contributed by atoms with van der Waals surface area (Å²) in [5, 5.41) is 25.6. The minimum absolute atomic E-state index is 0.0179. The Kier molecular flexibility index (Phi) is 21.9. The van der Waals surface area contributed by atoms with Gasteiger partial charge in [0.25, 0.3) is 0 Å². The van der Waals surface area contributed by atoms with E-state index in [4.69, 9.17) is 14.2 Å². The molecule has 2 fully saturated rings. The van der Waals surface area contributed by atoms with Crippen molar-refractivity contribution in [3.63, 3.8) is 0 Å². The Morgan fingerprint density at radius 2 is 0.921 bits per heavy atom. The van der Waals surface area contributed by atoms with Crippen LogP contribution in [0.3, 0.4) is 0 Å². The molecule has 1 aliphatic carbocycles. The fourth-order valence-corrected chi connectivity index (χ4v) is 12.5. The minimum atomic E-state index is -0.893. The number of piperidine rings is 2. The molecule has 474 valence electrons. The molecule has 0 saturated carbocycles. The zero-order chi connectivity index (χ0) is 63.4. The number of hydrogen-bond acceptors (Lipinski definition) is 14. The van der Waals surface area contributed by atoms with Crippen LogP contribution in [0.25, 0.3) is 11.1 Å². The topological polar surface area (TPSA) is 225 Å². The van der Waals surface area contributed by atoms with Crippen LogP contribution in [0, 0.1) is 0 Å². The number of fused-ring (bicyclic) bond motifs is 5. The van der Waals surface area contributed by atoms with E-state index in [0.29, 0.717) is 70.0 Å². The van der Waals surface area contributed by atoms with Crippen molar-refractivity contribution in [1.29, 1.82) is 0 Å². The highest BCUT2D eigenvalue weighted by atomic mass is 16.6. The molecule has 5 aliphatic rings. The van der Waals surface area contributed by atoms with Gasteiger partial charge in [0.2, 0.25) is 17.7 Å². The first-order valence-electron chi connectivity index (χ1n) is 31.6. The maximum atomic E-state index is 14.1. The predicted molar refractivity (Wildman–Crippen MR) is 337 cm³/mol. The van der Waals surface area contributed by atoms with Crippen LogP contribution in [-0.4, -0.2) is 165 Å². The lowest BCUT2D eigenvalue weighted by atomic mass is 9.92. The lowest BCUT2D eigenvalue weighted by molar-refractivity contribution is -0.160. The highest BCUT2D eigenvalue weighted by Crippen LogP contribution is 2.45. The maximum Gasteiger partial charge on any atom is 0.410 e. The SMILES string of the molecule is CC(C)(C)OC(=O)[C@H](CCN1CCC(O)CC1)NC(=O)[C@@H]1Cc2ccccc2CN1C(=O)CCC(=O)c1ccccc1.CC(C)(C)OC(=O)[C@H](CCN1CCC(O)CC1)NC(=O)[C@@H]1Cc2ccccc2CN1C(=O)OCC1c2ccccc2-c2ccccc21. The minimum Gasteiger partial charge on any atom is -0.458 e. The number of carbonyl (C=O) groups excluding carboxylic acids is 7. The molecule has 18 heteroatoms. The molecule has 5 aromatic carbocycles. The summed E-state index contributed by atoms with van der Waals surface area (Å²) in [6.07, 6.45) is 2.88. The van der Waals surface area contributed by atoms with Crippen molar-refractivity contribution in [2.45, 2.75) is 172 Å². The number of carbonyl (C=O) groups is 7. The van der Waals surface area contributed by atoms with Gasteiger partial charge < -0.3 is 49.8 Å². The van der Waals surface area contributed by atoms with Crippen LogP contribution < -0.4 is 10.6 Å². The van der Waals surface area contributed by atoms with Gasteiger partial charge in [-0.3, -0.25) is 24.1 Å². The smallest absolute Gasteiger partial charge is 0.410 e. The summed E-state index contributed by atoms with van der Waals surface area (Å²) in [6.45, 7) is 15.4. The first-order chi connectivity index (χ1) is 42.6. The number of hydrogen-bond donors (Lipinski definition) is 4. The molecular formula is C71H88N6O12. The molecule has 0 bridgehead atoms. The number of Topliss-reactive ketones (excluding diaryl/α,β-unsaturated/α-hetero) is 1. The molecule has 0 unspecified atom stereocenters. The normalized spacial score (nSPS) is 18.7. The fourth-order valence-electron chi connectivity index (χ4n) is 12.5. The second-order valence-electron chi connectivity index (χ2n) is 26.1. The molecule has 4 N–H and O–H groups in total. The van der Waals surface area contributed by atoms with E-state index in [0.717, 1.165) is 70.7 Å². The standard InChI is InChI=1S/C38H45N3O6.C33H43N3O6/c1-38(2,3)47-36(44)33(18-21-40-19-16-27(42)17-20-40)39-35(43)34-22-25-10-4-5-11-26(25)23-41(34)37(45)46-24-32-30-14-8-6-12-28(30)29-13-7-9-15-31(29)32;1-33(2,3)42-32(41)27(17-20-35-18-15-26(37)16-19-35)34-31(40)28-21-24-11-7-8-12-25(24)22-36(28)30(39)14-13-29(38)23-9-5-4-6-10-23/h4-15,27,32-34,42H,16-24H2,1-3H3,(H,39,43);4-12,26-28,37H,13-22H2,1-3H3,(H,34,40)/t33-,34-;27-,28-/m00/s1. The van der Waals surface area contributed by atoms with Gasteiger partial charge in [-0.1, -0.05) is 127 Å². The molecule has 0 spiro atoms. The summed E-state index contributed by atoms with van der Waals surface area (Å²) >= 11 is 0. The van der Waals surface area contributed by atoms with Gasteiger partial charge >= 0.3 is 18.0 Å². The van der Waals surface area contributed by atoms with Crippen molar-refractivity contribution >= 4 is 41.5 Å². The number of amides is 4. The third-order valence-electron chi connectivity index (χ3n) is 17.3. The van der Waals surface area contributed by atoms with Crippen molar-refractivity contribution in [2.24, 2.45) is 0 Å². The molecule has 2 saturated heterocycles. The molecule has 4 aliphatic heterocycles. The van der Waals surface area contributed by atoms with E-state index in [1.807, 2.05) is 78.9 Å². The highest BCUT2D eigenvalue weighted by Gasteiger charge is 2.41. The number of nitrogens with zero attached hydrogens (tertiary/aromatic N) is 4. The summed E-state index contributed by atoms with van der Waals surface area (Å²) in [5.74, 6) is -2.38. The average Bonchev–Trinajstić information content (AvgIpc) is 2.03. The summed E-state index contributed by atoms with van der Waals surface area (Å²) in [4.78, 5) is 102. The van der Waals surface area contributed by atoms with Gasteiger partial charge in [0.15, 0.2) is 5.78 Å². The number of aliphatic hydroxyl groups excluding tert-OH is 2. The van der Waals surface area contributed by atoms with Gasteiger partial charge in [0.1, 0.15) is 42.0 Å². The van der Waals surface area contributed by atoms with Crippen LogP contribution >= 0.6 is 0 Å². The van der Waals surface area contributed by atoms with E-state index in [1.54, 1.807) is 65.8 Å². The molecular weight excluding hydrogens is 1130 g/mol. The summed E-state index contributed by atoms with van der Waals surface area (Å²) < 4.78 is 17.4. The predicted octanol–water partition coefficient (Wildman–Crippen LogP) is 8.31. The van der Waals surface area contributed by atoms with Crippen LogP contribution in [0.15, 0.2) is 127 Å². The van der Waals surface area contributed by atoms with Crippen molar-refractivity contribution in [3.8, 4) is 11.1 Å². The number of likely N-dealkylation sites (tertiary alicyclic amines) is 2. The van der Waals surface area contributed by atoms with Crippen molar-refractivity contribution in [1.82, 2.24) is 30.2 Å². The second-order valence-corrected chi connectivity index (χ2v) is 26.1. The van der Waals surface area contributed by atoms with Gasteiger partial charge in [-0.25, -0.2) is 14.4 Å². The largest absolute Gasteiger partial charge is 0.458 e. The Morgan fingerprint density at radius 3 is 1.38 bits per heavy atom. The summed E-state index contributed by atoms with van der Waals surface area (Å²) in [7, 11) is 0. The van der Waals surface area contributed by atoms with E-state index in [9.17, 15) is 43.8 Å². The van der Waals surface area contributed by atoms with Crippen LogP contribution in [-0.2, 0) is 64.1 Å². The molecule has 18 nitrogen and oxygen atoms in total. The third kappa shape index (κ3) is 17.8. The first-order valence-corrected chi connectivity index (χ1v) is 31.6. The number of nitrogens with one attached hydrogen (secondary N) is 2. The van der Waals surface area contributed by atoms with Crippen LogP contribution in [0.5, 0.6) is 0 Å². The quantitative estimate of drug-likeness (QED) is 0.0368. The monoisotopic (exact) mass is 1220 g/mol. The van der Waals surface area contributed by atoms with Crippen molar-refractivity contribution in [3.05, 3.63) is 166 Å². The number of ketones is 1. The van der Waals surface area contributed by atoms with E-state index >= 15 is 0 Å². The Balaban J connectivity index is 0.000000213. The van der Waals surface area contributed by atoms with Gasteiger partial charge in [-0.05, 0) is 125 Å². The Morgan fingerprint density at radius 1 is 0.517 bits per heavy atom. The van der Waals surface area contributed by atoms with E-state index in [2.05, 4.69) is 44.7 Å². The van der Waals surface area contributed by atoms with Gasteiger partial charge in [0, 0.05) is 83.0 Å². The number of esters is 2. The van der Waals surface area contributed by atoms with Gasteiger partial charge in [0.05, 0.1) is 18.8 Å². The fraction of sp³-hybridized carbons (Fsp3) is 0.479. The molecule has 10 rings (SSSR count). The Bertz CT molecular complexity index is 3240. The highest BCUT2D eigenvalue weighted by molar-refractivity contribution is 5.99. The molecule has 0 aromatic heterocycles. The number of ether oxygens (including phenoxy) is 3. The van der Waals surface area contributed by atoms with E-state index < -0.39 is 65.2 Å². The van der Waals surface area contributed by atoms with Crippen molar-refractivity contribution < 1.29 is 58.0 Å². The second kappa shape index (κ2) is 29.7. The number of aliphatic hydroxyl groups is 2. The van der Waals surface area contributed by atoms with Gasteiger partial charge in [-0.15, -0.1) is 0 Å². The molecule has 4 amide bonds. The lowest BCUT2D eigenvalue weighted by Crippen LogP contribution is -2.56. The Labute approximate surface area is 523 Å². The zero-order valence-electron chi connectivity index (χ0n) is 52.4. The molecule has 0 radical (unpaired) electrons. The Hall–Kier alpha value is -7.77. The first kappa shape index (κ1) is 65.7. The lowest BCUT2D eigenvalue weighted by Gasteiger charge is -2.37. The van der Waals surface area contributed by atoms with E-state index in [-0.39, 0.29) is 62.4 Å². The zero-order valence-corrected chi connectivity index (χ0v) is 52.4. The maximum absolute atomic E-state index is 14.1. The number of benzene rings is 5. The third-order valence-corrected chi connectivity index (χ3v) is 17.3. The van der Waals surface area contributed by atoms with Crippen LogP contribution in [0.4, 0.5) is 4.79 Å². The molecule has 89 heavy (non-hydrogen) atoms. The van der Waals surface area contributed by atoms with Crippen LogP contribution in [0.1, 0.15) is 143 Å². The summed E-state index contributed by atoms with van der Waals surface area (Å²) in [5.41, 5.74) is 7.47. The van der Waals surface area contributed by atoms with Gasteiger partial charge in [-0.2, -0.15) is 0 Å². The van der Waals surface area contributed by atoms with Crippen LogP contribution in [0.2, 0.25) is 0 Å². The molecule has 4 atom stereocenters. The average molecular weight is 1220 g/mol. The summed E-state index contributed by atoms with van der Waals surface area (Å²) in [6, 6.07) is 37.2.